The first-order valence-corrected chi connectivity index (χ1v) is 13.8. The second-order valence-electron chi connectivity index (χ2n) is 8.44. The van der Waals surface area contributed by atoms with Gasteiger partial charge in [-0.15, -0.1) is 0 Å². The third-order valence-corrected chi connectivity index (χ3v) is 7.37. The molecule has 2 amide bonds. The Morgan fingerprint density at radius 3 is 2.37 bits per heavy atom. The number of sulfonamides is 1. The number of ether oxygens (including phenoxy) is 2. The molecule has 0 unspecified atom stereocenters. The lowest BCUT2D eigenvalue weighted by atomic mass is 10.2. The summed E-state index contributed by atoms with van der Waals surface area (Å²) in [5.41, 5.74) is 3.77. The van der Waals surface area contributed by atoms with Gasteiger partial charge in [0, 0.05) is 6.20 Å². The van der Waals surface area contributed by atoms with E-state index in [4.69, 9.17) is 9.47 Å². The zero-order valence-corrected chi connectivity index (χ0v) is 22.8. The van der Waals surface area contributed by atoms with Gasteiger partial charge < -0.3 is 14.8 Å². The maximum Gasteiger partial charge on any atom is 0.264 e. The van der Waals surface area contributed by atoms with Crippen LogP contribution >= 0.6 is 0 Å². The van der Waals surface area contributed by atoms with Crippen LogP contribution in [0, 0.1) is 0 Å². The number of nitrogens with zero attached hydrogens (tertiary/aromatic N) is 3. The van der Waals surface area contributed by atoms with Gasteiger partial charge in [-0.3, -0.25) is 18.9 Å². The number of pyridine rings is 1. The lowest BCUT2D eigenvalue weighted by Gasteiger charge is -2.23. The van der Waals surface area contributed by atoms with Crippen LogP contribution in [-0.4, -0.2) is 51.7 Å². The largest absolute Gasteiger partial charge is 0.495 e. The molecule has 4 rings (SSSR count). The van der Waals surface area contributed by atoms with Crippen LogP contribution < -0.4 is 24.5 Å². The highest BCUT2D eigenvalue weighted by Crippen LogP contribution is 2.24. The van der Waals surface area contributed by atoms with Crippen molar-refractivity contribution in [1.29, 1.82) is 0 Å². The second-order valence-corrected chi connectivity index (χ2v) is 10.3. The summed E-state index contributed by atoms with van der Waals surface area (Å²) in [6.45, 7) is -0.717. The molecular formula is C29H27N5O6S. The third-order valence-electron chi connectivity index (χ3n) is 5.59. The molecule has 210 valence electrons. The molecule has 1 heterocycles. The Morgan fingerprint density at radius 2 is 1.66 bits per heavy atom. The van der Waals surface area contributed by atoms with Crippen molar-refractivity contribution in [3.63, 3.8) is 0 Å². The molecular weight excluding hydrogens is 546 g/mol. The van der Waals surface area contributed by atoms with E-state index in [9.17, 15) is 18.0 Å². The fourth-order valence-corrected chi connectivity index (χ4v) is 5.04. The van der Waals surface area contributed by atoms with E-state index in [0.717, 1.165) is 4.31 Å². The number of aromatic nitrogens is 1. The van der Waals surface area contributed by atoms with Crippen molar-refractivity contribution in [2.75, 3.05) is 29.9 Å². The Kier molecular flexibility index (Phi) is 9.62. The van der Waals surface area contributed by atoms with Crippen LogP contribution in [0.25, 0.3) is 0 Å². The maximum absolute atomic E-state index is 13.2. The van der Waals surface area contributed by atoms with Gasteiger partial charge >= 0.3 is 0 Å². The standard InChI is InChI=1S/C29H27N5O6S/c1-39-27-12-6-5-11-26(27)32-29(36)21-40-24-15-13-22(14-16-24)18-31-33-28(35)20-34(23-8-7-17-30-19-23)41(37,38)25-9-3-2-4-10-25/h2-19H,20-21H2,1H3,(H,32,36)(H,33,35)/b31-18-. The molecule has 2 N–H and O–H groups in total. The molecule has 0 aliphatic heterocycles. The number of amides is 2. The van der Waals surface area contributed by atoms with Crippen molar-refractivity contribution in [2.24, 2.45) is 5.10 Å². The lowest BCUT2D eigenvalue weighted by molar-refractivity contribution is -0.119. The molecule has 1 aromatic heterocycles. The highest BCUT2D eigenvalue weighted by Gasteiger charge is 2.27. The van der Waals surface area contributed by atoms with Crippen LogP contribution in [0.3, 0.4) is 0 Å². The Balaban J connectivity index is 1.32. The van der Waals surface area contributed by atoms with E-state index < -0.39 is 22.5 Å². The topological polar surface area (TPSA) is 139 Å². The van der Waals surface area contributed by atoms with Crippen LogP contribution in [0.15, 0.2) is 113 Å². The number of hydrogen-bond acceptors (Lipinski definition) is 8. The SMILES string of the molecule is COc1ccccc1NC(=O)COc1ccc(/C=N\NC(=O)CN(c2cccnc2)S(=O)(=O)c2ccccc2)cc1. The minimum absolute atomic E-state index is 0.0414. The van der Waals surface area contributed by atoms with Gasteiger partial charge in [-0.05, 0) is 66.2 Å². The molecule has 41 heavy (non-hydrogen) atoms. The summed E-state index contributed by atoms with van der Waals surface area (Å²) in [4.78, 5) is 28.9. The first kappa shape index (κ1) is 28.8. The summed E-state index contributed by atoms with van der Waals surface area (Å²) in [6, 6.07) is 24.7. The van der Waals surface area contributed by atoms with Gasteiger partial charge in [0.25, 0.3) is 21.8 Å². The van der Waals surface area contributed by atoms with Crippen molar-refractivity contribution >= 4 is 39.4 Å². The molecule has 3 aromatic carbocycles. The lowest BCUT2D eigenvalue weighted by Crippen LogP contribution is -2.39. The monoisotopic (exact) mass is 573 g/mol. The average molecular weight is 574 g/mol. The summed E-state index contributed by atoms with van der Waals surface area (Å²) in [6.07, 6.45) is 4.27. The number of hydrazone groups is 1. The fourth-order valence-electron chi connectivity index (χ4n) is 3.61. The summed E-state index contributed by atoms with van der Waals surface area (Å²) in [5.74, 6) is 0.00172. The molecule has 11 nitrogen and oxygen atoms in total. The molecule has 0 atom stereocenters. The van der Waals surface area contributed by atoms with Crippen LogP contribution in [0.4, 0.5) is 11.4 Å². The zero-order chi connectivity index (χ0) is 29.1. The van der Waals surface area contributed by atoms with E-state index in [0.29, 0.717) is 22.7 Å². The molecule has 4 aromatic rings. The van der Waals surface area contributed by atoms with Gasteiger partial charge in [0.15, 0.2) is 6.61 Å². The number of carbonyl (C=O) groups excluding carboxylic acids is 2. The van der Waals surface area contributed by atoms with Gasteiger partial charge in [-0.25, -0.2) is 13.8 Å². The highest BCUT2D eigenvalue weighted by molar-refractivity contribution is 7.92. The Labute approximate surface area is 237 Å². The molecule has 0 radical (unpaired) electrons. The molecule has 0 aliphatic rings. The summed E-state index contributed by atoms with van der Waals surface area (Å²) in [7, 11) is -2.51. The zero-order valence-electron chi connectivity index (χ0n) is 22.0. The third kappa shape index (κ3) is 7.90. The number of benzene rings is 3. The minimum Gasteiger partial charge on any atom is -0.495 e. The average Bonchev–Trinajstić information content (AvgIpc) is 3.00. The summed E-state index contributed by atoms with van der Waals surface area (Å²) in [5, 5.41) is 6.66. The molecule has 0 saturated carbocycles. The normalized spacial score (nSPS) is 11.0. The number of carbonyl (C=O) groups is 2. The smallest absolute Gasteiger partial charge is 0.264 e. The molecule has 0 bridgehead atoms. The Morgan fingerprint density at radius 1 is 0.927 bits per heavy atom. The Hall–Kier alpha value is -5.23. The van der Waals surface area contributed by atoms with E-state index in [1.54, 1.807) is 78.9 Å². The van der Waals surface area contributed by atoms with Gasteiger partial charge in [-0.2, -0.15) is 5.10 Å². The summed E-state index contributed by atoms with van der Waals surface area (Å²) < 4.78 is 38.2. The molecule has 0 saturated heterocycles. The molecule has 12 heteroatoms. The van der Waals surface area contributed by atoms with Crippen molar-refractivity contribution in [3.8, 4) is 11.5 Å². The van der Waals surface area contributed by atoms with E-state index in [1.165, 1.54) is 37.9 Å². The first-order chi connectivity index (χ1) is 19.9. The minimum atomic E-state index is -4.03. The predicted octanol–water partition coefficient (Wildman–Crippen LogP) is 3.45. The highest BCUT2D eigenvalue weighted by atomic mass is 32.2. The Bertz CT molecular complexity index is 1600. The van der Waals surface area contributed by atoms with Gasteiger partial charge in [-0.1, -0.05) is 30.3 Å². The van der Waals surface area contributed by atoms with Gasteiger partial charge in [0.2, 0.25) is 0 Å². The number of rotatable bonds is 12. The molecule has 0 fully saturated rings. The number of anilines is 2. The number of methoxy groups -OCH3 is 1. The molecule has 0 spiro atoms. The van der Waals surface area contributed by atoms with Crippen molar-refractivity contribution < 1.29 is 27.5 Å². The van der Waals surface area contributed by atoms with Crippen LogP contribution in [0.5, 0.6) is 11.5 Å². The number of nitrogens with one attached hydrogen (secondary N) is 2. The van der Waals surface area contributed by atoms with Crippen molar-refractivity contribution in [1.82, 2.24) is 10.4 Å². The van der Waals surface area contributed by atoms with Crippen LogP contribution in [-0.2, 0) is 19.6 Å². The van der Waals surface area contributed by atoms with Gasteiger partial charge in [0.05, 0.1) is 35.8 Å². The molecule has 0 aliphatic carbocycles. The van der Waals surface area contributed by atoms with Crippen LogP contribution in [0.2, 0.25) is 0 Å². The maximum atomic E-state index is 13.2. The van der Waals surface area contributed by atoms with Crippen LogP contribution in [0.1, 0.15) is 5.56 Å². The van der Waals surface area contributed by atoms with E-state index in [-0.39, 0.29) is 23.1 Å². The quantitative estimate of drug-likeness (QED) is 0.195. The van der Waals surface area contributed by atoms with E-state index in [2.05, 4.69) is 20.8 Å². The van der Waals surface area contributed by atoms with Crippen molar-refractivity contribution in [3.05, 3.63) is 109 Å². The number of para-hydroxylation sites is 2. The van der Waals surface area contributed by atoms with Crippen molar-refractivity contribution in [2.45, 2.75) is 4.90 Å². The van der Waals surface area contributed by atoms with E-state index in [1.807, 2.05) is 0 Å². The predicted molar refractivity (Wildman–Crippen MR) is 155 cm³/mol. The van der Waals surface area contributed by atoms with Gasteiger partial charge in [0.1, 0.15) is 18.0 Å². The second kappa shape index (κ2) is 13.7. The first-order valence-electron chi connectivity index (χ1n) is 12.3. The van der Waals surface area contributed by atoms with E-state index >= 15 is 0 Å². The fraction of sp³-hybridized carbons (Fsp3) is 0.103. The summed E-state index contributed by atoms with van der Waals surface area (Å²) >= 11 is 0. The number of hydrogen-bond donors (Lipinski definition) is 2.